The van der Waals surface area contributed by atoms with Gasteiger partial charge in [-0.25, -0.2) is 0 Å². The van der Waals surface area contributed by atoms with E-state index in [1.165, 1.54) is 0 Å². The van der Waals surface area contributed by atoms with Crippen LogP contribution in [0.3, 0.4) is 0 Å². The fourth-order valence-electron chi connectivity index (χ4n) is 2.96. The van der Waals surface area contributed by atoms with Gasteiger partial charge in [0.2, 0.25) is 11.8 Å². The molecular formula is C17H21N5O2. The zero-order chi connectivity index (χ0) is 17.1. The van der Waals surface area contributed by atoms with Crippen molar-refractivity contribution in [1.29, 1.82) is 0 Å². The SMILES string of the molecule is Cc1n[nH]c(C)c1CNC(=O)C1CC(=O)N(Cc2ccncc2)C1. The third-order valence-corrected chi connectivity index (χ3v) is 4.43. The van der Waals surface area contributed by atoms with Gasteiger partial charge in [-0.05, 0) is 31.5 Å². The topological polar surface area (TPSA) is 91.0 Å². The Kier molecular flexibility index (Phi) is 4.59. The van der Waals surface area contributed by atoms with Gasteiger partial charge in [0.1, 0.15) is 0 Å². The summed E-state index contributed by atoms with van der Waals surface area (Å²) in [5.74, 6) is -0.366. The van der Waals surface area contributed by atoms with Gasteiger partial charge in [-0.2, -0.15) is 5.10 Å². The van der Waals surface area contributed by atoms with Crippen molar-refractivity contribution >= 4 is 11.8 Å². The van der Waals surface area contributed by atoms with E-state index in [0.29, 0.717) is 19.6 Å². The number of likely N-dealkylation sites (tertiary alicyclic amines) is 1. The molecule has 0 radical (unpaired) electrons. The van der Waals surface area contributed by atoms with E-state index in [0.717, 1.165) is 22.5 Å². The molecule has 0 spiro atoms. The molecule has 2 amide bonds. The average molecular weight is 327 g/mol. The molecule has 0 aromatic carbocycles. The van der Waals surface area contributed by atoms with E-state index >= 15 is 0 Å². The lowest BCUT2D eigenvalue weighted by Gasteiger charge is -2.16. The largest absolute Gasteiger partial charge is 0.352 e. The molecule has 3 rings (SSSR count). The molecule has 1 unspecified atom stereocenters. The quantitative estimate of drug-likeness (QED) is 0.860. The van der Waals surface area contributed by atoms with Gasteiger partial charge in [0.15, 0.2) is 0 Å². The number of pyridine rings is 1. The van der Waals surface area contributed by atoms with Crippen LogP contribution in [0.25, 0.3) is 0 Å². The van der Waals surface area contributed by atoms with Crippen molar-refractivity contribution in [3.05, 3.63) is 47.0 Å². The maximum absolute atomic E-state index is 12.4. The third kappa shape index (κ3) is 3.45. The van der Waals surface area contributed by atoms with Crippen molar-refractivity contribution in [2.24, 2.45) is 5.92 Å². The van der Waals surface area contributed by atoms with Crippen LogP contribution in [-0.2, 0) is 22.7 Å². The second-order valence-corrected chi connectivity index (χ2v) is 6.16. The van der Waals surface area contributed by atoms with Crippen molar-refractivity contribution in [1.82, 2.24) is 25.4 Å². The summed E-state index contributed by atoms with van der Waals surface area (Å²) < 4.78 is 0. The summed E-state index contributed by atoms with van der Waals surface area (Å²) in [6, 6.07) is 3.76. The minimum Gasteiger partial charge on any atom is -0.352 e. The van der Waals surface area contributed by atoms with Crippen LogP contribution in [0, 0.1) is 19.8 Å². The molecule has 1 fully saturated rings. The fraction of sp³-hybridized carbons (Fsp3) is 0.412. The highest BCUT2D eigenvalue weighted by molar-refractivity contribution is 5.89. The monoisotopic (exact) mass is 327 g/mol. The van der Waals surface area contributed by atoms with Crippen molar-refractivity contribution < 1.29 is 9.59 Å². The van der Waals surface area contributed by atoms with Crippen LogP contribution >= 0.6 is 0 Å². The molecule has 0 saturated carbocycles. The van der Waals surface area contributed by atoms with Gasteiger partial charge in [0, 0.05) is 49.7 Å². The number of aromatic nitrogens is 3. The highest BCUT2D eigenvalue weighted by Gasteiger charge is 2.34. The van der Waals surface area contributed by atoms with Crippen LogP contribution in [0.2, 0.25) is 0 Å². The minimum atomic E-state index is -0.299. The zero-order valence-corrected chi connectivity index (χ0v) is 13.9. The van der Waals surface area contributed by atoms with Crippen LogP contribution in [0.4, 0.5) is 0 Å². The number of rotatable bonds is 5. The smallest absolute Gasteiger partial charge is 0.225 e. The maximum atomic E-state index is 12.4. The molecule has 1 aliphatic rings. The van der Waals surface area contributed by atoms with E-state index in [1.54, 1.807) is 17.3 Å². The number of aryl methyl sites for hydroxylation is 2. The molecule has 0 bridgehead atoms. The summed E-state index contributed by atoms with van der Waals surface area (Å²) >= 11 is 0. The summed E-state index contributed by atoms with van der Waals surface area (Å²) in [6.45, 7) is 5.24. The van der Waals surface area contributed by atoms with E-state index in [4.69, 9.17) is 0 Å². The first-order valence-electron chi connectivity index (χ1n) is 7.99. The van der Waals surface area contributed by atoms with E-state index in [2.05, 4.69) is 20.5 Å². The Morgan fingerprint density at radius 2 is 2.12 bits per heavy atom. The number of amides is 2. The number of carbonyl (C=O) groups excluding carboxylic acids is 2. The lowest BCUT2D eigenvalue weighted by atomic mass is 10.1. The van der Waals surface area contributed by atoms with Gasteiger partial charge in [0.05, 0.1) is 11.6 Å². The standard InChI is InChI=1S/C17H21N5O2/c1-11-15(12(2)21-20-11)8-19-17(24)14-7-16(23)22(10-14)9-13-3-5-18-6-4-13/h3-6,14H,7-10H2,1-2H3,(H,19,24)(H,20,21). The van der Waals surface area contributed by atoms with E-state index in [-0.39, 0.29) is 24.2 Å². The van der Waals surface area contributed by atoms with Gasteiger partial charge >= 0.3 is 0 Å². The lowest BCUT2D eigenvalue weighted by Crippen LogP contribution is -2.32. The molecule has 3 heterocycles. The second kappa shape index (κ2) is 6.82. The second-order valence-electron chi connectivity index (χ2n) is 6.16. The Morgan fingerprint density at radius 3 is 2.79 bits per heavy atom. The van der Waals surface area contributed by atoms with E-state index < -0.39 is 0 Å². The van der Waals surface area contributed by atoms with Crippen LogP contribution in [0.1, 0.15) is 28.9 Å². The highest BCUT2D eigenvalue weighted by Crippen LogP contribution is 2.20. The first-order chi connectivity index (χ1) is 11.5. The Balaban J connectivity index is 1.56. The Labute approximate surface area is 140 Å². The molecule has 1 saturated heterocycles. The van der Waals surface area contributed by atoms with Gasteiger partial charge in [0.25, 0.3) is 0 Å². The fourth-order valence-corrected chi connectivity index (χ4v) is 2.96. The summed E-state index contributed by atoms with van der Waals surface area (Å²) in [7, 11) is 0. The van der Waals surface area contributed by atoms with E-state index in [9.17, 15) is 9.59 Å². The summed E-state index contributed by atoms with van der Waals surface area (Å²) in [4.78, 5) is 30.2. The van der Waals surface area contributed by atoms with Gasteiger partial charge in [-0.1, -0.05) is 0 Å². The highest BCUT2D eigenvalue weighted by atomic mass is 16.2. The molecule has 2 N–H and O–H groups in total. The van der Waals surface area contributed by atoms with Gasteiger partial charge in [-0.3, -0.25) is 19.7 Å². The molecule has 2 aromatic rings. The van der Waals surface area contributed by atoms with Crippen molar-refractivity contribution in [3.8, 4) is 0 Å². The molecule has 24 heavy (non-hydrogen) atoms. The summed E-state index contributed by atoms with van der Waals surface area (Å²) in [5.41, 5.74) is 3.86. The normalized spacial score (nSPS) is 17.3. The number of carbonyl (C=O) groups is 2. The number of nitrogens with zero attached hydrogens (tertiary/aromatic N) is 3. The van der Waals surface area contributed by atoms with Crippen LogP contribution < -0.4 is 5.32 Å². The van der Waals surface area contributed by atoms with Crippen molar-refractivity contribution in [2.75, 3.05) is 6.54 Å². The van der Waals surface area contributed by atoms with Crippen LogP contribution in [0.5, 0.6) is 0 Å². The Bertz CT molecular complexity index is 721. The minimum absolute atomic E-state index is 0.0163. The first kappa shape index (κ1) is 16.2. The molecular weight excluding hydrogens is 306 g/mol. The van der Waals surface area contributed by atoms with Crippen molar-refractivity contribution in [3.63, 3.8) is 0 Å². The number of hydrogen-bond donors (Lipinski definition) is 2. The number of hydrogen-bond acceptors (Lipinski definition) is 4. The van der Waals surface area contributed by atoms with E-state index in [1.807, 2.05) is 26.0 Å². The van der Waals surface area contributed by atoms with Crippen LogP contribution in [0.15, 0.2) is 24.5 Å². The third-order valence-electron chi connectivity index (χ3n) is 4.43. The number of H-pyrrole nitrogens is 1. The molecule has 7 nitrogen and oxygen atoms in total. The predicted octanol–water partition coefficient (Wildman–Crippen LogP) is 1.09. The predicted molar refractivity (Wildman–Crippen MR) is 87.7 cm³/mol. The van der Waals surface area contributed by atoms with Crippen molar-refractivity contribution in [2.45, 2.75) is 33.4 Å². The molecule has 126 valence electrons. The molecule has 0 aliphatic carbocycles. The Morgan fingerprint density at radius 1 is 1.38 bits per heavy atom. The van der Waals surface area contributed by atoms with Gasteiger partial charge < -0.3 is 10.2 Å². The number of aromatic amines is 1. The molecule has 1 atom stereocenters. The summed E-state index contributed by atoms with van der Waals surface area (Å²) in [6.07, 6.45) is 3.67. The molecule has 7 heteroatoms. The average Bonchev–Trinajstić information content (AvgIpc) is 3.09. The zero-order valence-electron chi connectivity index (χ0n) is 13.9. The lowest BCUT2D eigenvalue weighted by molar-refractivity contribution is -0.129. The number of nitrogens with one attached hydrogen (secondary N) is 2. The first-order valence-corrected chi connectivity index (χ1v) is 7.99. The Hall–Kier alpha value is -2.70. The maximum Gasteiger partial charge on any atom is 0.225 e. The van der Waals surface area contributed by atoms with Gasteiger partial charge in [-0.15, -0.1) is 0 Å². The summed E-state index contributed by atoms with van der Waals surface area (Å²) in [5, 5.41) is 9.95. The van der Waals surface area contributed by atoms with Crippen LogP contribution in [-0.4, -0.2) is 38.4 Å². The molecule has 2 aromatic heterocycles. The molecule has 1 aliphatic heterocycles.